The number of phenolic OH excluding ortho intramolecular Hbond substituents is 1. The van der Waals surface area contributed by atoms with E-state index in [2.05, 4.69) is 10.1 Å². The van der Waals surface area contributed by atoms with E-state index in [1.807, 2.05) is 0 Å². The second kappa shape index (κ2) is 6.61. The molecule has 0 aliphatic carbocycles. The highest BCUT2D eigenvalue weighted by Gasteiger charge is 2.17. The molecule has 0 heterocycles. The molecule has 2 rings (SSSR count). The van der Waals surface area contributed by atoms with Crippen LogP contribution in [-0.4, -0.2) is 23.1 Å². The average Bonchev–Trinajstić information content (AvgIpc) is 2.49. The SMILES string of the molecule is Cc1ccc(NC(=O)c2ccc(O)cc2)c(C(=O)OC(N)=O)c1. The number of carbonyl (C=O) groups excluding carboxylic acids is 3. The van der Waals surface area contributed by atoms with Gasteiger partial charge in [0.15, 0.2) is 0 Å². The molecule has 0 bridgehead atoms. The van der Waals surface area contributed by atoms with Gasteiger partial charge in [0.25, 0.3) is 5.91 Å². The Morgan fingerprint density at radius 3 is 2.35 bits per heavy atom. The van der Waals surface area contributed by atoms with Crippen LogP contribution in [0.2, 0.25) is 0 Å². The van der Waals surface area contributed by atoms with Crippen LogP contribution in [0, 0.1) is 6.92 Å². The van der Waals surface area contributed by atoms with E-state index < -0.39 is 18.0 Å². The molecular formula is C16H14N2O5. The molecule has 0 spiro atoms. The van der Waals surface area contributed by atoms with E-state index >= 15 is 0 Å². The van der Waals surface area contributed by atoms with Crippen LogP contribution in [0.3, 0.4) is 0 Å². The first-order valence-corrected chi connectivity index (χ1v) is 6.59. The number of carbonyl (C=O) groups is 3. The number of nitrogens with one attached hydrogen (secondary N) is 1. The molecule has 23 heavy (non-hydrogen) atoms. The normalized spacial score (nSPS) is 9.96. The van der Waals surface area contributed by atoms with Crippen LogP contribution in [0.1, 0.15) is 26.3 Å². The minimum atomic E-state index is -1.23. The number of rotatable bonds is 3. The second-order valence-corrected chi connectivity index (χ2v) is 4.76. The number of nitrogens with two attached hydrogens (primary N) is 1. The Bertz CT molecular complexity index is 769. The molecule has 0 saturated carbocycles. The zero-order valence-corrected chi connectivity index (χ0v) is 12.2. The lowest BCUT2D eigenvalue weighted by Gasteiger charge is -2.11. The number of amides is 2. The molecule has 7 heteroatoms. The topological polar surface area (TPSA) is 119 Å². The summed E-state index contributed by atoms with van der Waals surface area (Å²) in [4.78, 5) is 34.8. The zero-order valence-electron chi connectivity index (χ0n) is 12.2. The van der Waals surface area contributed by atoms with E-state index in [0.29, 0.717) is 0 Å². The lowest BCUT2D eigenvalue weighted by Crippen LogP contribution is -2.21. The number of primary amides is 1. The summed E-state index contributed by atoms with van der Waals surface area (Å²) in [7, 11) is 0. The number of hydrogen-bond acceptors (Lipinski definition) is 5. The largest absolute Gasteiger partial charge is 0.508 e. The molecular weight excluding hydrogens is 300 g/mol. The van der Waals surface area contributed by atoms with Crippen LogP contribution < -0.4 is 11.1 Å². The zero-order chi connectivity index (χ0) is 17.0. The number of aryl methyl sites for hydroxylation is 1. The number of hydrogen-bond donors (Lipinski definition) is 3. The van der Waals surface area contributed by atoms with Gasteiger partial charge in [-0.05, 0) is 43.3 Å². The molecule has 0 radical (unpaired) electrons. The van der Waals surface area contributed by atoms with E-state index in [-0.39, 0.29) is 22.6 Å². The average molecular weight is 314 g/mol. The molecule has 0 unspecified atom stereocenters. The number of benzene rings is 2. The van der Waals surface area contributed by atoms with Gasteiger partial charge < -0.3 is 20.9 Å². The van der Waals surface area contributed by atoms with E-state index in [0.717, 1.165) is 5.56 Å². The number of aromatic hydroxyl groups is 1. The molecule has 2 aromatic carbocycles. The second-order valence-electron chi connectivity index (χ2n) is 4.76. The number of esters is 1. The van der Waals surface area contributed by atoms with Gasteiger partial charge in [-0.1, -0.05) is 11.6 Å². The predicted molar refractivity (Wildman–Crippen MR) is 82.2 cm³/mol. The molecule has 0 aliphatic rings. The van der Waals surface area contributed by atoms with Crippen molar-refractivity contribution in [3.8, 4) is 5.75 Å². The van der Waals surface area contributed by atoms with E-state index in [1.54, 1.807) is 13.0 Å². The monoisotopic (exact) mass is 314 g/mol. The van der Waals surface area contributed by atoms with Gasteiger partial charge in [0, 0.05) is 5.56 Å². The summed E-state index contributed by atoms with van der Waals surface area (Å²) in [5.74, 6) is -1.41. The van der Waals surface area contributed by atoms with Crippen molar-refractivity contribution in [1.82, 2.24) is 0 Å². The summed E-state index contributed by atoms with van der Waals surface area (Å²) in [6.07, 6.45) is -1.23. The van der Waals surface area contributed by atoms with Gasteiger partial charge in [-0.3, -0.25) is 4.79 Å². The van der Waals surface area contributed by atoms with E-state index in [9.17, 15) is 19.5 Å². The summed E-state index contributed by atoms with van der Waals surface area (Å²) in [6, 6.07) is 10.3. The quantitative estimate of drug-likeness (QED) is 0.592. The first kappa shape index (κ1) is 16.0. The fourth-order valence-electron chi connectivity index (χ4n) is 1.89. The standard InChI is InChI=1S/C16H14N2O5/c1-9-2-7-13(12(8-9)15(21)23-16(17)22)18-14(20)10-3-5-11(19)6-4-10/h2-8,19H,1H3,(H2,17,22)(H,18,20). The molecule has 0 aliphatic heterocycles. The third-order valence-electron chi connectivity index (χ3n) is 2.97. The van der Waals surface area contributed by atoms with Gasteiger partial charge >= 0.3 is 12.1 Å². The van der Waals surface area contributed by atoms with Crippen LogP contribution in [0.15, 0.2) is 42.5 Å². The third kappa shape index (κ3) is 4.07. The van der Waals surface area contributed by atoms with E-state index in [4.69, 9.17) is 5.73 Å². The van der Waals surface area contributed by atoms with Crippen molar-refractivity contribution in [3.63, 3.8) is 0 Å². The minimum Gasteiger partial charge on any atom is -0.508 e. The summed E-state index contributed by atoms with van der Waals surface area (Å²) >= 11 is 0. The first-order valence-electron chi connectivity index (χ1n) is 6.59. The van der Waals surface area contributed by atoms with Gasteiger partial charge in [0.05, 0.1) is 11.3 Å². The van der Waals surface area contributed by atoms with Crippen LogP contribution >= 0.6 is 0 Å². The predicted octanol–water partition coefficient (Wildman–Crippen LogP) is 2.19. The van der Waals surface area contributed by atoms with Crippen molar-refractivity contribution in [3.05, 3.63) is 59.2 Å². The van der Waals surface area contributed by atoms with Crippen molar-refractivity contribution in [2.75, 3.05) is 5.32 Å². The van der Waals surface area contributed by atoms with Crippen molar-refractivity contribution >= 4 is 23.7 Å². The van der Waals surface area contributed by atoms with Crippen molar-refractivity contribution in [2.45, 2.75) is 6.92 Å². The fourth-order valence-corrected chi connectivity index (χ4v) is 1.89. The smallest absolute Gasteiger partial charge is 0.412 e. The highest BCUT2D eigenvalue weighted by Crippen LogP contribution is 2.20. The Kier molecular flexibility index (Phi) is 4.61. The lowest BCUT2D eigenvalue weighted by molar-refractivity contribution is 0.0639. The van der Waals surface area contributed by atoms with Crippen LogP contribution in [-0.2, 0) is 4.74 Å². The minimum absolute atomic E-state index is 0.0101. The highest BCUT2D eigenvalue weighted by atomic mass is 16.6. The summed E-state index contributed by atoms with van der Waals surface area (Å²) in [6.45, 7) is 1.74. The van der Waals surface area contributed by atoms with Gasteiger partial charge in [-0.25, -0.2) is 9.59 Å². The van der Waals surface area contributed by atoms with Crippen molar-refractivity contribution in [2.24, 2.45) is 5.73 Å². The van der Waals surface area contributed by atoms with Crippen LogP contribution in [0.5, 0.6) is 5.75 Å². The molecule has 2 aromatic rings. The maximum atomic E-state index is 12.2. The summed E-state index contributed by atoms with van der Waals surface area (Å²) < 4.78 is 4.35. The molecule has 0 atom stereocenters. The molecule has 118 valence electrons. The Balaban J connectivity index is 2.28. The third-order valence-corrected chi connectivity index (χ3v) is 2.97. The molecule has 0 fully saturated rings. The fraction of sp³-hybridized carbons (Fsp3) is 0.0625. The highest BCUT2D eigenvalue weighted by molar-refractivity contribution is 6.09. The maximum absolute atomic E-state index is 12.2. The molecule has 0 aromatic heterocycles. The lowest BCUT2D eigenvalue weighted by atomic mass is 10.1. The Labute approximate surface area is 131 Å². The Morgan fingerprint density at radius 2 is 1.74 bits per heavy atom. The van der Waals surface area contributed by atoms with Crippen LogP contribution in [0.4, 0.5) is 10.5 Å². The summed E-state index contributed by atoms with van der Waals surface area (Å²) in [5, 5.41) is 11.8. The number of anilines is 1. The number of ether oxygens (including phenoxy) is 1. The van der Waals surface area contributed by atoms with E-state index in [1.165, 1.54) is 36.4 Å². The maximum Gasteiger partial charge on any atom is 0.412 e. The molecule has 2 amide bonds. The molecule has 4 N–H and O–H groups in total. The van der Waals surface area contributed by atoms with Gasteiger partial charge in [0.2, 0.25) is 0 Å². The molecule has 7 nitrogen and oxygen atoms in total. The van der Waals surface area contributed by atoms with Crippen molar-refractivity contribution in [1.29, 1.82) is 0 Å². The number of phenols is 1. The van der Waals surface area contributed by atoms with Gasteiger partial charge in [0.1, 0.15) is 5.75 Å². The van der Waals surface area contributed by atoms with Crippen LogP contribution in [0.25, 0.3) is 0 Å². The van der Waals surface area contributed by atoms with Gasteiger partial charge in [-0.15, -0.1) is 0 Å². The molecule has 0 saturated heterocycles. The first-order chi connectivity index (χ1) is 10.9. The Morgan fingerprint density at radius 1 is 1.09 bits per heavy atom. The Hall–Kier alpha value is -3.35. The van der Waals surface area contributed by atoms with Crippen molar-refractivity contribution < 1.29 is 24.2 Å². The van der Waals surface area contributed by atoms with Gasteiger partial charge in [-0.2, -0.15) is 0 Å². The summed E-state index contributed by atoms with van der Waals surface area (Å²) in [5.41, 5.74) is 6.05.